The molecule has 0 unspecified atom stereocenters. The van der Waals surface area contributed by atoms with E-state index in [-0.39, 0.29) is 0 Å². The van der Waals surface area contributed by atoms with Crippen molar-refractivity contribution in [1.82, 2.24) is 5.32 Å². The molecule has 86 valence electrons. The first-order valence-electron chi connectivity index (χ1n) is 5.43. The van der Waals surface area contributed by atoms with Gasteiger partial charge < -0.3 is 5.32 Å². The second kappa shape index (κ2) is 4.70. The lowest BCUT2D eigenvalue weighted by Crippen LogP contribution is -2.20. The molecule has 1 heterocycles. The monoisotopic (exact) mass is 237 g/mol. The lowest BCUT2D eigenvalue weighted by Gasteiger charge is -2.16. The summed E-state index contributed by atoms with van der Waals surface area (Å²) in [6, 6.07) is 8.52. The average Bonchev–Trinajstić information content (AvgIpc) is 2.31. The van der Waals surface area contributed by atoms with E-state index in [9.17, 15) is 8.42 Å². The van der Waals surface area contributed by atoms with Crippen molar-refractivity contribution >= 4 is 9.84 Å². The van der Waals surface area contributed by atoms with Gasteiger partial charge in [0, 0.05) is 12.2 Å². The Balaban J connectivity index is 2.26. The van der Waals surface area contributed by atoms with Crippen LogP contribution in [0.25, 0.3) is 0 Å². The molecule has 0 aliphatic carbocycles. The van der Waals surface area contributed by atoms with Crippen LogP contribution in [-0.4, -0.2) is 15.0 Å². The van der Waals surface area contributed by atoms with Crippen molar-refractivity contribution < 1.29 is 8.42 Å². The van der Waals surface area contributed by atoms with Gasteiger partial charge in [0.1, 0.15) is 0 Å². The molecule has 3 nitrogen and oxygen atoms in total. The highest BCUT2D eigenvalue weighted by atomic mass is 32.2. The number of allylic oxidation sites excluding steroid dienone is 1. The fraction of sp³-hybridized carbons (Fsp3) is 0.333. The summed E-state index contributed by atoms with van der Waals surface area (Å²) in [5, 5.41) is 4.49. The number of rotatable bonds is 2. The van der Waals surface area contributed by atoms with Crippen LogP contribution in [0.3, 0.4) is 0 Å². The lowest BCUT2D eigenvalue weighted by atomic mass is 10.1. The molecule has 1 saturated heterocycles. The Morgan fingerprint density at radius 3 is 2.50 bits per heavy atom. The van der Waals surface area contributed by atoms with Crippen molar-refractivity contribution in [3.8, 4) is 0 Å². The molecule has 0 saturated carbocycles. The molecule has 16 heavy (non-hydrogen) atoms. The quantitative estimate of drug-likeness (QED) is 0.856. The molecule has 1 fully saturated rings. The van der Waals surface area contributed by atoms with E-state index in [1.807, 2.05) is 6.07 Å². The normalized spacial score (nSPS) is 19.4. The summed E-state index contributed by atoms with van der Waals surface area (Å²) in [5.74, 6) is 0. The van der Waals surface area contributed by atoms with Crippen molar-refractivity contribution in [3.05, 3.63) is 41.4 Å². The van der Waals surface area contributed by atoms with E-state index in [1.165, 1.54) is 5.41 Å². The molecule has 1 N–H and O–H groups in total. The van der Waals surface area contributed by atoms with E-state index in [2.05, 4.69) is 5.32 Å². The zero-order chi connectivity index (χ0) is 11.4. The highest BCUT2D eigenvalue weighted by molar-refractivity contribution is 7.94. The molecule has 1 aliphatic rings. The first kappa shape index (κ1) is 11.2. The zero-order valence-corrected chi connectivity index (χ0v) is 9.83. The van der Waals surface area contributed by atoms with Gasteiger partial charge in [-0.1, -0.05) is 18.2 Å². The summed E-state index contributed by atoms with van der Waals surface area (Å²) >= 11 is 0. The Kier molecular flexibility index (Phi) is 3.29. The minimum absolute atomic E-state index is 0.356. The van der Waals surface area contributed by atoms with Gasteiger partial charge in [-0.05, 0) is 31.4 Å². The van der Waals surface area contributed by atoms with Gasteiger partial charge in [0.2, 0.25) is 9.84 Å². The van der Waals surface area contributed by atoms with Gasteiger partial charge in [0.25, 0.3) is 0 Å². The molecule has 4 heteroatoms. The molecule has 0 aromatic heterocycles. The molecular weight excluding hydrogens is 222 g/mol. The van der Waals surface area contributed by atoms with Crippen LogP contribution < -0.4 is 5.32 Å². The number of benzene rings is 1. The van der Waals surface area contributed by atoms with Crippen LogP contribution in [0, 0.1) is 0 Å². The molecule has 0 amide bonds. The van der Waals surface area contributed by atoms with Crippen molar-refractivity contribution in [2.75, 3.05) is 6.54 Å². The third kappa shape index (κ3) is 2.64. The summed E-state index contributed by atoms with van der Waals surface area (Å²) < 4.78 is 24.0. The predicted molar refractivity (Wildman–Crippen MR) is 63.6 cm³/mol. The summed E-state index contributed by atoms with van der Waals surface area (Å²) in [6.45, 7) is 0.871. The van der Waals surface area contributed by atoms with Crippen LogP contribution in [0.1, 0.15) is 19.3 Å². The second-order valence-electron chi connectivity index (χ2n) is 3.89. The average molecular weight is 237 g/mol. The van der Waals surface area contributed by atoms with Gasteiger partial charge in [0.15, 0.2) is 0 Å². The Labute approximate surface area is 96.1 Å². The maximum Gasteiger partial charge on any atom is 0.201 e. The predicted octanol–water partition coefficient (Wildman–Crippen LogP) is 2.08. The Morgan fingerprint density at radius 1 is 1.12 bits per heavy atom. The lowest BCUT2D eigenvalue weighted by molar-refractivity contribution is 0.583. The largest absolute Gasteiger partial charge is 0.388 e. The number of nitrogens with one attached hydrogen (secondary N) is 1. The van der Waals surface area contributed by atoms with Crippen LogP contribution in [0.4, 0.5) is 0 Å². The van der Waals surface area contributed by atoms with Crippen molar-refractivity contribution in [2.24, 2.45) is 0 Å². The Hall–Kier alpha value is -1.29. The molecule has 0 spiro atoms. The molecule has 1 aromatic carbocycles. The molecular formula is C12H15NO2S. The van der Waals surface area contributed by atoms with Gasteiger partial charge >= 0.3 is 0 Å². The summed E-state index contributed by atoms with van der Waals surface area (Å²) in [5.41, 5.74) is 0.829. The minimum atomic E-state index is -3.28. The molecule has 1 aliphatic heterocycles. The first-order valence-corrected chi connectivity index (χ1v) is 6.98. The maximum atomic E-state index is 12.0. The highest BCUT2D eigenvalue weighted by Crippen LogP contribution is 2.17. The van der Waals surface area contributed by atoms with Gasteiger partial charge in [-0.3, -0.25) is 0 Å². The van der Waals surface area contributed by atoms with E-state index in [1.54, 1.807) is 24.3 Å². The van der Waals surface area contributed by atoms with E-state index in [0.717, 1.165) is 31.5 Å². The standard InChI is InChI=1S/C12H15NO2S/c14-16(15,12-7-2-1-3-8-12)10-11-6-4-5-9-13-11/h1-3,7-8,10,13H,4-6,9H2/b11-10-. The van der Waals surface area contributed by atoms with E-state index in [4.69, 9.17) is 0 Å². The van der Waals surface area contributed by atoms with Crippen molar-refractivity contribution in [3.63, 3.8) is 0 Å². The summed E-state index contributed by atoms with van der Waals surface area (Å²) in [6.07, 6.45) is 3.00. The second-order valence-corrected chi connectivity index (χ2v) is 5.68. The minimum Gasteiger partial charge on any atom is -0.388 e. The van der Waals surface area contributed by atoms with Crippen LogP contribution in [-0.2, 0) is 9.84 Å². The molecule has 0 radical (unpaired) electrons. The number of hydrogen-bond acceptors (Lipinski definition) is 3. The molecule has 1 aromatic rings. The molecule has 0 bridgehead atoms. The molecule has 0 atom stereocenters. The first-order chi connectivity index (χ1) is 7.68. The zero-order valence-electron chi connectivity index (χ0n) is 9.02. The third-order valence-electron chi connectivity index (χ3n) is 2.59. The van der Waals surface area contributed by atoms with E-state index >= 15 is 0 Å². The van der Waals surface area contributed by atoms with Gasteiger partial charge in [-0.2, -0.15) is 0 Å². The van der Waals surface area contributed by atoms with Crippen molar-refractivity contribution in [2.45, 2.75) is 24.2 Å². The number of piperidine rings is 1. The summed E-state index contributed by atoms with van der Waals surface area (Å²) in [4.78, 5) is 0.356. The SMILES string of the molecule is O=S(=O)(/C=C1/CCCCN1)c1ccccc1. The van der Waals surface area contributed by atoms with E-state index in [0.29, 0.717) is 4.90 Å². The fourth-order valence-corrected chi connectivity index (χ4v) is 2.99. The van der Waals surface area contributed by atoms with Crippen LogP contribution in [0.2, 0.25) is 0 Å². The van der Waals surface area contributed by atoms with E-state index < -0.39 is 9.84 Å². The van der Waals surface area contributed by atoms with Gasteiger partial charge in [0.05, 0.1) is 10.3 Å². The van der Waals surface area contributed by atoms with Gasteiger partial charge in [-0.15, -0.1) is 0 Å². The Morgan fingerprint density at radius 2 is 1.88 bits per heavy atom. The topological polar surface area (TPSA) is 46.2 Å². The van der Waals surface area contributed by atoms with Crippen LogP contribution >= 0.6 is 0 Å². The number of hydrogen-bond donors (Lipinski definition) is 1. The smallest absolute Gasteiger partial charge is 0.201 e. The maximum absolute atomic E-state index is 12.0. The highest BCUT2D eigenvalue weighted by Gasteiger charge is 2.13. The summed E-state index contributed by atoms with van der Waals surface area (Å²) in [7, 11) is -3.28. The Bertz CT molecular complexity index is 469. The van der Waals surface area contributed by atoms with Gasteiger partial charge in [-0.25, -0.2) is 8.42 Å². The fourth-order valence-electron chi connectivity index (χ4n) is 1.74. The molecule has 2 rings (SSSR count). The van der Waals surface area contributed by atoms with Crippen LogP contribution in [0.5, 0.6) is 0 Å². The third-order valence-corrected chi connectivity index (χ3v) is 4.12. The van der Waals surface area contributed by atoms with Crippen LogP contribution in [0.15, 0.2) is 46.3 Å². The number of sulfone groups is 1. The van der Waals surface area contributed by atoms with Crippen molar-refractivity contribution in [1.29, 1.82) is 0 Å².